The maximum Gasteiger partial charge on any atom is 0.0735 e. The Kier molecular flexibility index (Phi) is 5.60. The van der Waals surface area contributed by atoms with E-state index >= 15 is 0 Å². The Hall–Kier alpha value is -0.790. The molecule has 1 nitrogen and oxygen atoms in total. The van der Waals surface area contributed by atoms with Crippen molar-refractivity contribution in [3.8, 4) is 0 Å². The van der Waals surface area contributed by atoms with Crippen molar-refractivity contribution in [1.29, 1.82) is 0 Å². The van der Waals surface area contributed by atoms with Crippen LogP contribution in [0, 0.1) is 0 Å². The zero-order chi connectivity index (χ0) is 15.4. The van der Waals surface area contributed by atoms with Gasteiger partial charge in [-0.1, -0.05) is 68.1 Å². The van der Waals surface area contributed by atoms with Gasteiger partial charge in [0.25, 0.3) is 0 Å². The standard InChI is InChI=1S/C19H23Cl2N/c20-15-10-11-16-17(21)13-18(22-19(16)12-15)14-8-6-4-2-1-3-5-7-9-14/h10-14H,1-9H2. The molecule has 1 aromatic carbocycles. The minimum atomic E-state index is 0.541. The van der Waals surface area contributed by atoms with Crippen molar-refractivity contribution in [3.05, 3.63) is 40.0 Å². The quantitative estimate of drug-likeness (QED) is 0.539. The molecule has 1 heterocycles. The Labute approximate surface area is 143 Å². The topological polar surface area (TPSA) is 12.9 Å². The molecule has 0 spiro atoms. The van der Waals surface area contributed by atoms with Crippen LogP contribution >= 0.6 is 23.2 Å². The highest BCUT2D eigenvalue weighted by atomic mass is 35.5. The Bertz CT molecular complexity index is 629. The summed E-state index contributed by atoms with van der Waals surface area (Å²) in [6, 6.07) is 7.84. The fourth-order valence-electron chi connectivity index (χ4n) is 3.49. The first-order valence-electron chi connectivity index (χ1n) is 8.50. The van der Waals surface area contributed by atoms with Gasteiger partial charge in [-0.15, -0.1) is 0 Å². The average molecular weight is 336 g/mol. The lowest BCUT2D eigenvalue weighted by Crippen LogP contribution is -2.04. The van der Waals surface area contributed by atoms with Crippen LogP contribution in [0.4, 0.5) is 0 Å². The summed E-state index contributed by atoms with van der Waals surface area (Å²) >= 11 is 12.6. The first-order valence-corrected chi connectivity index (χ1v) is 9.25. The summed E-state index contributed by atoms with van der Waals surface area (Å²) < 4.78 is 0. The van der Waals surface area contributed by atoms with Crippen molar-refractivity contribution in [2.45, 2.75) is 63.7 Å². The molecule has 3 heteroatoms. The van der Waals surface area contributed by atoms with Gasteiger partial charge >= 0.3 is 0 Å². The van der Waals surface area contributed by atoms with Crippen molar-refractivity contribution in [1.82, 2.24) is 4.98 Å². The molecule has 0 amide bonds. The van der Waals surface area contributed by atoms with Gasteiger partial charge in [0.15, 0.2) is 0 Å². The lowest BCUT2D eigenvalue weighted by Gasteiger charge is -2.19. The molecule has 1 aromatic heterocycles. The largest absolute Gasteiger partial charge is 0.252 e. The van der Waals surface area contributed by atoms with Gasteiger partial charge in [0, 0.05) is 22.0 Å². The van der Waals surface area contributed by atoms with E-state index in [1.54, 1.807) is 0 Å². The van der Waals surface area contributed by atoms with Gasteiger partial charge in [-0.25, -0.2) is 0 Å². The van der Waals surface area contributed by atoms with Crippen molar-refractivity contribution in [3.63, 3.8) is 0 Å². The monoisotopic (exact) mass is 335 g/mol. The number of pyridine rings is 1. The van der Waals surface area contributed by atoms with Gasteiger partial charge in [0.2, 0.25) is 0 Å². The molecular weight excluding hydrogens is 313 g/mol. The number of aromatic nitrogens is 1. The van der Waals surface area contributed by atoms with E-state index < -0.39 is 0 Å². The summed E-state index contributed by atoms with van der Waals surface area (Å²) in [5, 5.41) is 2.52. The smallest absolute Gasteiger partial charge is 0.0735 e. The van der Waals surface area contributed by atoms with E-state index in [2.05, 4.69) is 6.07 Å². The van der Waals surface area contributed by atoms with Crippen LogP contribution in [0.15, 0.2) is 24.3 Å². The molecule has 118 valence electrons. The number of halogens is 2. The van der Waals surface area contributed by atoms with Crippen LogP contribution in [0.3, 0.4) is 0 Å². The summed E-state index contributed by atoms with van der Waals surface area (Å²) in [7, 11) is 0. The molecule has 0 unspecified atom stereocenters. The second-order valence-electron chi connectivity index (χ2n) is 6.44. The summed E-state index contributed by atoms with van der Waals surface area (Å²) in [6.45, 7) is 0. The first-order chi connectivity index (χ1) is 10.7. The van der Waals surface area contributed by atoms with Crippen LogP contribution < -0.4 is 0 Å². The molecule has 0 bridgehead atoms. The number of benzene rings is 1. The molecule has 1 aliphatic carbocycles. The average Bonchev–Trinajstić information content (AvgIpc) is 2.52. The zero-order valence-corrected chi connectivity index (χ0v) is 14.5. The van der Waals surface area contributed by atoms with Crippen LogP contribution in [-0.2, 0) is 0 Å². The van der Waals surface area contributed by atoms with Crippen LogP contribution in [0.25, 0.3) is 10.9 Å². The molecular formula is C19H23Cl2N. The van der Waals surface area contributed by atoms with Crippen molar-refractivity contribution >= 4 is 34.1 Å². The van der Waals surface area contributed by atoms with Crippen molar-refractivity contribution < 1.29 is 0 Å². The van der Waals surface area contributed by atoms with E-state index in [1.165, 1.54) is 57.8 Å². The highest BCUT2D eigenvalue weighted by Gasteiger charge is 2.16. The van der Waals surface area contributed by atoms with E-state index in [1.807, 2.05) is 18.2 Å². The predicted octanol–water partition coefficient (Wildman–Crippen LogP) is 7.15. The molecule has 1 saturated carbocycles. The van der Waals surface area contributed by atoms with Gasteiger partial charge in [-0.05, 0) is 37.1 Å². The first kappa shape index (κ1) is 16.1. The Morgan fingerprint density at radius 1 is 0.818 bits per heavy atom. The van der Waals surface area contributed by atoms with E-state index in [-0.39, 0.29) is 0 Å². The van der Waals surface area contributed by atoms with E-state index in [0.717, 1.165) is 26.6 Å². The second kappa shape index (κ2) is 7.66. The molecule has 0 saturated heterocycles. The van der Waals surface area contributed by atoms with Crippen LogP contribution in [-0.4, -0.2) is 4.98 Å². The molecule has 1 aliphatic rings. The molecule has 1 fully saturated rings. The SMILES string of the molecule is Clc1ccc2c(Cl)cc(C3CCCCCCCCC3)nc2c1. The van der Waals surface area contributed by atoms with Crippen LogP contribution in [0.1, 0.15) is 69.4 Å². The Morgan fingerprint density at radius 3 is 2.14 bits per heavy atom. The number of fused-ring (bicyclic) bond motifs is 1. The molecule has 0 atom stereocenters. The second-order valence-corrected chi connectivity index (χ2v) is 7.28. The highest BCUT2D eigenvalue weighted by Crippen LogP contribution is 2.33. The van der Waals surface area contributed by atoms with Gasteiger partial charge < -0.3 is 0 Å². The van der Waals surface area contributed by atoms with Gasteiger partial charge in [-0.2, -0.15) is 0 Å². The van der Waals surface area contributed by atoms with Crippen molar-refractivity contribution in [2.75, 3.05) is 0 Å². The molecule has 2 aromatic rings. The van der Waals surface area contributed by atoms with Gasteiger partial charge in [0.1, 0.15) is 0 Å². The number of nitrogens with zero attached hydrogens (tertiary/aromatic N) is 1. The maximum atomic E-state index is 6.48. The molecule has 0 aliphatic heterocycles. The van der Waals surface area contributed by atoms with Crippen molar-refractivity contribution in [2.24, 2.45) is 0 Å². The van der Waals surface area contributed by atoms with Crippen LogP contribution in [0.2, 0.25) is 10.0 Å². The Morgan fingerprint density at radius 2 is 1.45 bits per heavy atom. The molecule has 0 N–H and O–H groups in total. The fourth-order valence-corrected chi connectivity index (χ4v) is 3.93. The lowest BCUT2D eigenvalue weighted by molar-refractivity contribution is 0.458. The molecule has 0 radical (unpaired) electrons. The third kappa shape index (κ3) is 3.94. The summed E-state index contributed by atoms with van der Waals surface area (Å²) in [5.41, 5.74) is 2.08. The summed E-state index contributed by atoms with van der Waals surface area (Å²) in [5.74, 6) is 0.541. The van der Waals surface area contributed by atoms with Crippen LogP contribution in [0.5, 0.6) is 0 Å². The summed E-state index contributed by atoms with van der Waals surface area (Å²) in [6.07, 6.45) is 11.9. The van der Waals surface area contributed by atoms with Gasteiger partial charge in [0.05, 0.1) is 10.5 Å². The minimum Gasteiger partial charge on any atom is -0.252 e. The van der Waals surface area contributed by atoms with E-state index in [0.29, 0.717) is 5.92 Å². The summed E-state index contributed by atoms with van der Waals surface area (Å²) in [4.78, 5) is 4.88. The number of rotatable bonds is 1. The normalized spacial score (nSPS) is 18.5. The number of hydrogen-bond donors (Lipinski definition) is 0. The van der Waals surface area contributed by atoms with E-state index in [4.69, 9.17) is 28.2 Å². The van der Waals surface area contributed by atoms with Gasteiger partial charge in [-0.3, -0.25) is 4.98 Å². The predicted molar refractivity (Wildman–Crippen MR) is 96.1 cm³/mol. The lowest BCUT2D eigenvalue weighted by atomic mass is 9.89. The highest BCUT2D eigenvalue weighted by molar-refractivity contribution is 6.36. The minimum absolute atomic E-state index is 0.541. The number of hydrogen-bond acceptors (Lipinski definition) is 1. The fraction of sp³-hybridized carbons (Fsp3) is 0.526. The Balaban J connectivity index is 1.89. The third-order valence-corrected chi connectivity index (χ3v) is 5.31. The molecule has 3 rings (SSSR count). The molecule has 22 heavy (non-hydrogen) atoms. The zero-order valence-electron chi connectivity index (χ0n) is 13.0. The third-order valence-electron chi connectivity index (χ3n) is 4.76. The maximum absolute atomic E-state index is 6.48. The van der Waals surface area contributed by atoms with E-state index in [9.17, 15) is 0 Å².